The van der Waals surface area contributed by atoms with Crippen molar-refractivity contribution in [2.24, 2.45) is 0 Å². The van der Waals surface area contributed by atoms with E-state index in [4.69, 9.17) is 22.1 Å². The number of hydrogen-bond acceptors (Lipinski definition) is 7. The molecular formula is C26H25ClN6O2. The van der Waals surface area contributed by atoms with Crippen molar-refractivity contribution in [3.05, 3.63) is 71.4 Å². The molecule has 1 aliphatic rings. The number of nitrogens with zero attached hydrogens (tertiary/aromatic N) is 5. The zero-order valence-electron chi connectivity index (χ0n) is 19.3. The summed E-state index contributed by atoms with van der Waals surface area (Å²) in [5.41, 5.74) is 9.77. The molecule has 8 nitrogen and oxygen atoms in total. The van der Waals surface area contributed by atoms with Gasteiger partial charge in [-0.05, 0) is 37.3 Å². The Bertz CT molecular complexity index is 1350. The first-order valence-electron chi connectivity index (χ1n) is 11.4. The Morgan fingerprint density at radius 3 is 2.46 bits per heavy atom. The minimum atomic E-state index is -0.0579. The Morgan fingerprint density at radius 1 is 1.03 bits per heavy atom. The van der Waals surface area contributed by atoms with E-state index in [1.54, 1.807) is 35.4 Å². The van der Waals surface area contributed by atoms with E-state index in [-0.39, 0.29) is 18.5 Å². The number of amides is 1. The van der Waals surface area contributed by atoms with Crippen LogP contribution >= 0.6 is 11.6 Å². The van der Waals surface area contributed by atoms with Gasteiger partial charge in [-0.3, -0.25) is 9.78 Å². The third-order valence-electron chi connectivity index (χ3n) is 6.03. The molecule has 0 atom stereocenters. The van der Waals surface area contributed by atoms with Gasteiger partial charge in [0.15, 0.2) is 6.61 Å². The van der Waals surface area contributed by atoms with E-state index in [9.17, 15) is 4.79 Å². The van der Waals surface area contributed by atoms with Crippen molar-refractivity contribution in [3.8, 4) is 17.0 Å². The van der Waals surface area contributed by atoms with Gasteiger partial charge in [0.05, 0.1) is 17.4 Å². The second kappa shape index (κ2) is 9.76. The van der Waals surface area contributed by atoms with E-state index in [2.05, 4.69) is 51.0 Å². The van der Waals surface area contributed by atoms with E-state index in [1.165, 1.54) is 5.56 Å². The van der Waals surface area contributed by atoms with Crippen molar-refractivity contribution in [1.29, 1.82) is 0 Å². The number of ether oxygens (including phenoxy) is 1. The molecule has 0 aliphatic carbocycles. The van der Waals surface area contributed by atoms with E-state index >= 15 is 0 Å². The minimum absolute atomic E-state index is 0.0173. The third kappa shape index (κ3) is 5.12. The molecule has 2 aromatic carbocycles. The van der Waals surface area contributed by atoms with Crippen molar-refractivity contribution in [1.82, 2.24) is 19.9 Å². The van der Waals surface area contributed by atoms with E-state index in [0.29, 0.717) is 42.5 Å². The summed E-state index contributed by atoms with van der Waals surface area (Å²) in [6.07, 6.45) is 1.74. The zero-order valence-corrected chi connectivity index (χ0v) is 20.1. The van der Waals surface area contributed by atoms with Crippen molar-refractivity contribution in [3.63, 3.8) is 0 Å². The highest BCUT2D eigenvalue weighted by atomic mass is 35.5. The second-order valence-corrected chi connectivity index (χ2v) is 8.90. The quantitative estimate of drug-likeness (QED) is 0.454. The van der Waals surface area contributed by atoms with Gasteiger partial charge in [0.1, 0.15) is 11.6 Å². The average Bonchev–Trinajstić information content (AvgIpc) is 2.88. The van der Waals surface area contributed by atoms with Crippen molar-refractivity contribution in [2.45, 2.75) is 6.92 Å². The minimum Gasteiger partial charge on any atom is -0.484 e. The first-order chi connectivity index (χ1) is 17.0. The summed E-state index contributed by atoms with van der Waals surface area (Å²) in [6.45, 7) is 4.41. The number of nitrogens with two attached hydrogens (primary N) is 1. The van der Waals surface area contributed by atoms with Gasteiger partial charge in [-0.2, -0.15) is 4.98 Å². The molecule has 1 saturated heterocycles. The van der Waals surface area contributed by atoms with Gasteiger partial charge in [0.2, 0.25) is 5.95 Å². The highest BCUT2D eigenvalue weighted by Crippen LogP contribution is 2.29. The fourth-order valence-corrected chi connectivity index (χ4v) is 4.22. The number of piperazine rings is 1. The van der Waals surface area contributed by atoms with Crippen LogP contribution in [0.15, 0.2) is 60.8 Å². The fraction of sp³-hybridized carbons (Fsp3) is 0.231. The van der Waals surface area contributed by atoms with Crippen LogP contribution in [0.3, 0.4) is 0 Å². The fourth-order valence-electron chi connectivity index (χ4n) is 4.09. The normalized spacial score (nSPS) is 13.8. The maximum atomic E-state index is 12.7. The molecule has 1 amide bonds. The Morgan fingerprint density at radius 2 is 1.74 bits per heavy atom. The zero-order chi connectivity index (χ0) is 24.4. The van der Waals surface area contributed by atoms with E-state index < -0.39 is 0 Å². The number of pyridine rings is 1. The molecule has 0 saturated carbocycles. The Hall–Kier alpha value is -3.91. The summed E-state index contributed by atoms with van der Waals surface area (Å²) in [4.78, 5) is 30.1. The number of carbonyl (C=O) groups excluding carboxylic acids is 1. The van der Waals surface area contributed by atoms with Crippen LogP contribution in [-0.4, -0.2) is 58.5 Å². The number of halogens is 1. The van der Waals surface area contributed by atoms with Crippen LogP contribution in [0.5, 0.6) is 5.75 Å². The molecular weight excluding hydrogens is 464 g/mol. The number of aryl methyl sites for hydroxylation is 1. The molecule has 0 bridgehead atoms. The van der Waals surface area contributed by atoms with E-state index in [0.717, 1.165) is 22.5 Å². The lowest BCUT2D eigenvalue weighted by molar-refractivity contribution is -0.133. The second-order valence-electron chi connectivity index (χ2n) is 8.47. The van der Waals surface area contributed by atoms with Crippen LogP contribution in [0.25, 0.3) is 22.2 Å². The largest absolute Gasteiger partial charge is 0.484 e. The number of nitrogen functional groups attached to an aromatic ring is 1. The van der Waals surface area contributed by atoms with Gasteiger partial charge in [0.25, 0.3) is 5.91 Å². The van der Waals surface area contributed by atoms with Gasteiger partial charge >= 0.3 is 0 Å². The van der Waals surface area contributed by atoms with Gasteiger partial charge in [-0.25, -0.2) is 4.98 Å². The number of carbonyl (C=O) groups is 1. The first-order valence-corrected chi connectivity index (χ1v) is 11.8. The molecule has 3 heterocycles. The molecule has 1 fully saturated rings. The summed E-state index contributed by atoms with van der Waals surface area (Å²) in [5.74, 6) is 1.51. The summed E-state index contributed by atoms with van der Waals surface area (Å²) < 4.78 is 5.62. The molecule has 5 rings (SSSR count). The van der Waals surface area contributed by atoms with E-state index in [1.807, 2.05) is 6.07 Å². The first kappa shape index (κ1) is 22.9. The number of anilines is 2. The molecule has 0 unspecified atom stereocenters. The number of benzene rings is 2. The lowest BCUT2D eigenvalue weighted by atomic mass is 10.1. The van der Waals surface area contributed by atoms with Crippen LogP contribution in [-0.2, 0) is 4.79 Å². The molecule has 1 aliphatic heterocycles. The van der Waals surface area contributed by atoms with Gasteiger partial charge in [-0.15, -0.1) is 0 Å². The van der Waals surface area contributed by atoms with Gasteiger partial charge in [-0.1, -0.05) is 41.4 Å². The van der Waals surface area contributed by atoms with Crippen LogP contribution in [0.2, 0.25) is 5.02 Å². The van der Waals surface area contributed by atoms with Crippen LogP contribution in [0, 0.1) is 6.92 Å². The standard InChI is InChI=1S/C26H25ClN6O2/c1-17-2-4-18(5-3-17)22-14-21-23(15-29-22)30-26(28)31-25(21)33-12-10-32(11-13-33)24(34)16-35-20-8-6-19(27)7-9-20/h2-9,14-15H,10-13,16H2,1H3,(H2,28,30,31). The molecule has 35 heavy (non-hydrogen) atoms. The summed E-state index contributed by atoms with van der Waals surface area (Å²) in [7, 11) is 0. The molecule has 178 valence electrons. The lowest BCUT2D eigenvalue weighted by Gasteiger charge is -2.35. The van der Waals surface area contributed by atoms with Gasteiger partial charge in [0, 0.05) is 42.2 Å². The van der Waals surface area contributed by atoms with Crippen molar-refractivity contribution >= 4 is 40.2 Å². The Balaban J connectivity index is 1.30. The topological polar surface area (TPSA) is 97.5 Å². The lowest BCUT2D eigenvalue weighted by Crippen LogP contribution is -2.50. The summed E-state index contributed by atoms with van der Waals surface area (Å²) >= 11 is 5.90. The SMILES string of the molecule is Cc1ccc(-c2cc3c(N4CCN(C(=O)COc5ccc(Cl)cc5)CC4)nc(N)nc3cn2)cc1. The maximum absolute atomic E-state index is 12.7. The predicted molar refractivity (Wildman–Crippen MR) is 138 cm³/mol. The molecule has 9 heteroatoms. The molecule has 4 aromatic rings. The smallest absolute Gasteiger partial charge is 0.260 e. The Labute approximate surface area is 208 Å². The number of aromatic nitrogens is 3. The summed E-state index contributed by atoms with van der Waals surface area (Å²) in [6, 6.07) is 17.2. The highest BCUT2D eigenvalue weighted by molar-refractivity contribution is 6.30. The third-order valence-corrected chi connectivity index (χ3v) is 6.29. The van der Waals surface area contributed by atoms with Crippen molar-refractivity contribution < 1.29 is 9.53 Å². The Kier molecular flexibility index (Phi) is 6.37. The predicted octanol–water partition coefficient (Wildman–Crippen LogP) is 3.96. The molecule has 2 N–H and O–H groups in total. The van der Waals surface area contributed by atoms with Gasteiger partial charge < -0.3 is 20.3 Å². The number of hydrogen-bond donors (Lipinski definition) is 1. The van der Waals surface area contributed by atoms with Crippen LogP contribution < -0.4 is 15.4 Å². The average molecular weight is 489 g/mol. The molecule has 0 spiro atoms. The summed E-state index contributed by atoms with van der Waals surface area (Å²) in [5, 5.41) is 1.51. The number of rotatable bonds is 5. The van der Waals surface area contributed by atoms with Crippen molar-refractivity contribution in [2.75, 3.05) is 43.4 Å². The highest BCUT2D eigenvalue weighted by Gasteiger charge is 2.24. The molecule has 2 aromatic heterocycles. The van der Waals surface area contributed by atoms with Crippen LogP contribution in [0.4, 0.5) is 11.8 Å². The monoisotopic (exact) mass is 488 g/mol. The number of fused-ring (bicyclic) bond motifs is 1. The van der Waals surface area contributed by atoms with Crippen LogP contribution in [0.1, 0.15) is 5.56 Å². The molecule has 0 radical (unpaired) electrons. The maximum Gasteiger partial charge on any atom is 0.260 e.